The first kappa shape index (κ1) is 21.6. The largest absolute Gasteiger partial charge is 0.462 e. The molecule has 3 rings (SSSR count). The van der Waals surface area contributed by atoms with E-state index in [1.807, 2.05) is 12.1 Å². The lowest BCUT2D eigenvalue weighted by Crippen LogP contribution is -2.19. The van der Waals surface area contributed by atoms with Crippen molar-refractivity contribution in [3.63, 3.8) is 0 Å². The van der Waals surface area contributed by atoms with Gasteiger partial charge in [-0.25, -0.2) is 14.6 Å². The number of rotatable bonds is 8. The number of ether oxygens (including phenoxy) is 3. The minimum Gasteiger partial charge on any atom is -0.462 e. The Balaban J connectivity index is 1.85. The highest BCUT2D eigenvalue weighted by atomic mass is 35.5. The van der Waals surface area contributed by atoms with Gasteiger partial charge < -0.3 is 19.5 Å². The van der Waals surface area contributed by atoms with Crippen molar-refractivity contribution in [3.05, 3.63) is 59.3 Å². The fraction of sp³-hybridized carbons (Fsp3) is 0.190. The van der Waals surface area contributed by atoms with Crippen LogP contribution in [0.5, 0.6) is 11.5 Å². The van der Waals surface area contributed by atoms with Crippen LogP contribution in [-0.2, 0) is 19.1 Å². The van der Waals surface area contributed by atoms with Crippen LogP contribution >= 0.6 is 22.9 Å². The number of carbonyl (C=O) groups is 2. The van der Waals surface area contributed by atoms with E-state index in [0.29, 0.717) is 27.2 Å². The molecule has 0 saturated heterocycles. The van der Waals surface area contributed by atoms with Crippen LogP contribution in [0.1, 0.15) is 13.8 Å². The molecule has 0 unspecified atom stereocenters. The molecule has 2 aromatic carbocycles. The maximum Gasteiger partial charge on any atom is 0.347 e. The van der Waals surface area contributed by atoms with E-state index in [0.717, 1.165) is 4.70 Å². The zero-order chi connectivity index (χ0) is 21.5. The van der Waals surface area contributed by atoms with Crippen LogP contribution in [0.25, 0.3) is 10.2 Å². The van der Waals surface area contributed by atoms with E-state index in [2.05, 4.69) is 10.3 Å². The van der Waals surface area contributed by atoms with Crippen molar-refractivity contribution in [3.8, 4) is 11.5 Å². The number of hydrogen-bond acceptors (Lipinski definition) is 8. The first-order chi connectivity index (χ1) is 14.5. The quantitative estimate of drug-likeness (QED) is 0.221. The number of thiazole rings is 1. The maximum atomic E-state index is 12.1. The second-order valence-corrected chi connectivity index (χ2v) is 7.29. The topological polar surface area (TPSA) is 86.8 Å². The van der Waals surface area contributed by atoms with E-state index >= 15 is 0 Å². The molecule has 0 aliphatic heterocycles. The summed E-state index contributed by atoms with van der Waals surface area (Å²) in [5, 5.41) is 3.97. The zero-order valence-electron chi connectivity index (χ0n) is 16.3. The van der Waals surface area contributed by atoms with Gasteiger partial charge in [-0.3, -0.25) is 0 Å². The van der Waals surface area contributed by atoms with E-state index < -0.39 is 11.9 Å². The number of halogens is 1. The van der Waals surface area contributed by atoms with Gasteiger partial charge in [-0.05, 0) is 50.2 Å². The Morgan fingerprint density at radius 2 is 1.73 bits per heavy atom. The fourth-order valence-electron chi connectivity index (χ4n) is 2.45. The summed E-state index contributed by atoms with van der Waals surface area (Å²) < 4.78 is 16.6. The zero-order valence-corrected chi connectivity index (χ0v) is 17.9. The normalized spacial score (nSPS) is 10.4. The average Bonchev–Trinajstić information content (AvgIpc) is 3.14. The van der Waals surface area contributed by atoms with Gasteiger partial charge in [0.15, 0.2) is 16.5 Å². The minimum atomic E-state index is -0.767. The van der Waals surface area contributed by atoms with Crippen LogP contribution in [-0.4, -0.2) is 30.1 Å². The highest BCUT2D eigenvalue weighted by Crippen LogP contribution is 2.35. The number of aromatic nitrogens is 1. The molecule has 30 heavy (non-hydrogen) atoms. The van der Waals surface area contributed by atoms with Gasteiger partial charge >= 0.3 is 11.9 Å². The second kappa shape index (κ2) is 10.1. The van der Waals surface area contributed by atoms with Gasteiger partial charge in [-0.1, -0.05) is 29.0 Å². The number of hydrogen-bond donors (Lipinski definition) is 1. The Hall–Kier alpha value is -3.10. The van der Waals surface area contributed by atoms with Crippen molar-refractivity contribution in [1.29, 1.82) is 0 Å². The predicted molar refractivity (Wildman–Crippen MR) is 116 cm³/mol. The summed E-state index contributed by atoms with van der Waals surface area (Å²) in [7, 11) is 0. The highest BCUT2D eigenvalue weighted by Gasteiger charge is 2.21. The summed E-state index contributed by atoms with van der Waals surface area (Å²) in [6.45, 7) is 3.60. The summed E-state index contributed by atoms with van der Waals surface area (Å²) in [5.74, 6) is -0.340. The molecule has 1 N–H and O–H groups in total. The molecule has 156 valence electrons. The Kier molecular flexibility index (Phi) is 7.26. The van der Waals surface area contributed by atoms with E-state index in [-0.39, 0.29) is 18.8 Å². The van der Waals surface area contributed by atoms with Crippen molar-refractivity contribution in [2.75, 3.05) is 18.5 Å². The Morgan fingerprint density at radius 3 is 2.37 bits per heavy atom. The average molecular weight is 447 g/mol. The van der Waals surface area contributed by atoms with Crippen LogP contribution in [0.3, 0.4) is 0 Å². The highest BCUT2D eigenvalue weighted by molar-refractivity contribution is 7.22. The third kappa shape index (κ3) is 5.28. The van der Waals surface area contributed by atoms with Crippen LogP contribution in [0.15, 0.2) is 54.2 Å². The molecule has 0 radical (unpaired) electrons. The molecule has 0 aliphatic carbocycles. The van der Waals surface area contributed by atoms with E-state index in [9.17, 15) is 9.59 Å². The minimum absolute atomic E-state index is 0.141. The number of carbonyl (C=O) groups excluding carboxylic acids is 2. The van der Waals surface area contributed by atoms with Gasteiger partial charge in [0, 0.05) is 11.2 Å². The third-order valence-corrected chi connectivity index (χ3v) is 4.96. The van der Waals surface area contributed by atoms with E-state index in [1.165, 1.54) is 17.5 Å². The standard InChI is InChI=1S/C21H19ClN2O5S/c1-3-27-19(25)15(20(26)28-4-2)12-23-21-24-18-16(6-5-7-17(18)30-21)29-14-10-8-13(22)9-11-14/h5-12H,3-4H2,1-2H3,(H,23,24). The monoisotopic (exact) mass is 446 g/mol. The van der Waals surface area contributed by atoms with Crippen LogP contribution in [0, 0.1) is 0 Å². The van der Waals surface area contributed by atoms with Gasteiger partial charge in [-0.2, -0.15) is 0 Å². The first-order valence-corrected chi connectivity index (χ1v) is 10.3. The molecule has 0 fully saturated rings. The summed E-state index contributed by atoms with van der Waals surface area (Å²) in [4.78, 5) is 28.6. The van der Waals surface area contributed by atoms with Gasteiger partial charge in [0.05, 0.1) is 17.9 Å². The van der Waals surface area contributed by atoms with Crippen LogP contribution in [0.4, 0.5) is 5.13 Å². The lowest BCUT2D eigenvalue weighted by Gasteiger charge is -2.06. The molecular formula is C21H19ClN2O5S. The molecule has 3 aromatic rings. The predicted octanol–water partition coefficient (Wildman–Crippen LogP) is 5.16. The summed E-state index contributed by atoms with van der Waals surface area (Å²) in [6.07, 6.45) is 1.24. The molecule has 0 amide bonds. The number of esters is 2. The molecule has 1 aromatic heterocycles. The molecular weight excluding hydrogens is 428 g/mol. The van der Waals surface area contributed by atoms with Crippen LogP contribution in [0.2, 0.25) is 5.02 Å². The number of fused-ring (bicyclic) bond motifs is 1. The van der Waals surface area contributed by atoms with Crippen molar-refractivity contribution in [2.45, 2.75) is 13.8 Å². The number of para-hydroxylation sites is 1. The van der Waals surface area contributed by atoms with Crippen molar-refractivity contribution in [1.82, 2.24) is 4.98 Å². The molecule has 0 aliphatic rings. The number of anilines is 1. The lowest BCUT2D eigenvalue weighted by molar-refractivity contribution is -0.146. The second-order valence-electron chi connectivity index (χ2n) is 5.82. The van der Waals surface area contributed by atoms with Crippen LogP contribution < -0.4 is 10.1 Å². The molecule has 9 heteroatoms. The Morgan fingerprint density at radius 1 is 1.07 bits per heavy atom. The first-order valence-electron chi connectivity index (χ1n) is 9.15. The van der Waals surface area contributed by atoms with Crippen molar-refractivity contribution < 1.29 is 23.8 Å². The Bertz CT molecular complexity index is 1060. The summed E-state index contributed by atoms with van der Waals surface area (Å²) >= 11 is 7.26. The summed E-state index contributed by atoms with van der Waals surface area (Å²) in [5.41, 5.74) is 0.401. The molecule has 0 spiro atoms. The maximum absolute atomic E-state index is 12.1. The lowest BCUT2D eigenvalue weighted by atomic mass is 10.3. The fourth-order valence-corrected chi connectivity index (χ4v) is 3.43. The molecule has 0 saturated carbocycles. The number of benzene rings is 2. The number of nitrogens with one attached hydrogen (secondary N) is 1. The van der Waals surface area contributed by atoms with Gasteiger partial charge in [-0.15, -0.1) is 0 Å². The van der Waals surface area contributed by atoms with Gasteiger partial charge in [0.2, 0.25) is 0 Å². The van der Waals surface area contributed by atoms with Gasteiger partial charge in [0.1, 0.15) is 11.3 Å². The smallest absolute Gasteiger partial charge is 0.347 e. The van der Waals surface area contributed by atoms with E-state index in [4.69, 9.17) is 25.8 Å². The third-order valence-electron chi connectivity index (χ3n) is 3.75. The molecule has 7 nitrogen and oxygen atoms in total. The molecule has 0 atom stereocenters. The molecule has 1 heterocycles. The number of nitrogens with zero attached hydrogens (tertiary/aromatic N) is 1. The molecule has 0 bridgehead atoms. The SMILES string of the molecule is CCOC(=O)C(=CNc1nc2c(Oc3ccc(Cl)cc3)cccc2s1)C(=O)OCC. The Labute approximate surface area is 182 Å². The van der Waals surface area contributed by atoms with Crippen molar-refractivity contribution in [2.24, 2.45) is 0 Å². The summed E-state index contributed by atoms with van der Waals surface area (Å²) in [6, 6.07) is 12.6. The van der Waals surface area contributed by atoms with Crippen molar-refractivity contribution >= 4 is 50.2 Å². The van der Waals surface area contributed by atoms with E-state index in [1.54, 1.807) is 44.2 Å². The van der Waals surface area contributed by atoms with Gasteiger partial charge in [0.25, 0.3) is 0 Å².